The molecular formula is C26H35N3O6. The van der Waals surface area contributed by atoms with E-state index in [1.54, 1.807) is 26.8 Å². The highest BCUT2D eigenvalue weighted by Gasteiger charge is 2.38. The van der Waals surface area contributed by atoms with Crippen molar-refractivity contribution in [3.63, 3.8) is 0 Å². The van der Waals surface area contributed by atoms with Gasteiger partial charge in [-0.2, -0.15) is 0 Å². The number of aliphatic hydroxyl groups excluding tert-OH is 1. The number of furan rings is 1. The van der Waals surface area contributed by atoms with Crippen molar-refractivity contribution >= 4 is 28.9 Å². The van der Waals surface area contributed by atoms with Crippen molar-refractivity contribution in [1.29, 1.82) is 0 Å². The Labute approximate surface area is 205 Å². The predicted octanol–water partition coefficient (Wildman–Crippen LogP) is 3.56. The Morgan fingerprint density at radius 3 is 2.46 bits per heavy atom. The summed E-state index contributed by atoms with van der Waals surface area (Å²) in [5.74, 6) is -0.414. The maximum Gasteiger partial charge on any atom is 0.412 e. The van der Waals surface area contributed by atoms with Crippen LogP contribution in [0.5, 0.6) is 0 Å². The summed E-state index contributed by atoms with van der Waals surface area (Å²) >= 11 is 0. The summed E-state index contributed by atoms with van der Waals surface area (Å²) in [6.45, 7) is 5.76. The largest absolute Gasteiger partial charge is 0.451 e. The number of fused-ring (bicyclic) bond motifs is 1. The molecule has 1 saturated heterocycles. The van der Waals surface area contributed by atoms with Crippen LogP contribution in [0.15, 0.2) is 34.7 Å². The number of para-hydroxylation sites is 1. The van der Waals surface area contributed by atoms with Gasteiger partial charge in [0.25, 0.3) is 5.91 Å². The number of hydrogen-bond acceptors (Lipinski definition) is 6. The smallest absolute Gasteiger partial charge is 0.412 e. The molecule has 4 rings (SSSR count). The van der Waals surface area contributed by atoms with Gasteiger partial charge in [0.05, 0.1) is 6.10 Å². The third-order valence-corrected chi connectivity index (χ3v) is 6.60. The van der Waals surface area contributed by atoms with Crippen molar-refractivity contribution < 1.29 is 28.6 Å². The van der Waals surface area contributed by atoms with Crippen LogP contribution in [0.25, 0.3) is 11.0 Å². The van der Waals surface area contributed by atoms with Crippen LogP contribution in [0.1, 0.15) is 69.9 Å². The summed E-state index contributed by atoms with van der Waals surface area (Å²) in [5, 5.41) is 17.3. The van der Waals surface area contributed by atoms with E-state index in [-0.39, 0.29) is 29.5 Å². The average Bonchev–Trinajstić information content (AvgIpc) is 3.24. The van der Waals surface area contributed by atoms with Crippen LogP contribution in [0.2, 0.25) is 0 Å². The highest BCUT2D eigenvalue weighted by Crippen LogP contribution is 2.27. The minimum absolute atomic E-state index is 0.0432. The first-order chi connectivity index (χ1) is 16.6. The van der Waals surface area contributed by atoms with Gasteiger partial charge in [-0.1, -0.05) is 18.2 Å². The predicted molar refractivity (Wildman–Crippen MR) is 130 cm³/mol. The molecule has 3 amide bonds. The molecule has 2 heterocycles. The van der Waals surface area contributed by atoms with E-state index in [0.717, 1.165) is 5.39 Å². The van der Waals surface area contributed by atoms with Gasteiger partial charge in [-0.15, -0.1) is 0 Å². The normalized spacial score (nSPS) is 25.2. The summed E-state index contributed by atoms with van der Waals surface area (Å²) in [5.41, 5.74) is 0.00234. The molecule has 0 spiro atoms. The molecule has 2 aliphatic rings. The number of nitrogens with one attached hydrogen (secondary N) is 2. The van der Waals surface area contributed by atoms with E-state index < -0.39 is 24.0 Å². The fourth-order valence-electron chi connectivity index (χ4n) is 4.79. The van der Waals surface area contributed by atoms with Gasteiger partial charge in [-0.05, 0) is 71.4 Å². The number of nitrogens with zero attached hydrogens (tertiary/aromatic N) is 1. The molecule has 3 N–H and O–H groups in total. The summed E-state index contributed by atoms with van der Waals surface area (Å²) in [7, 11) is 0. The molecule has 1 aromatic carbocycles. The topological polar surface area (TPSA) is 121 Å². The summed E-state index contributed by atoms with van der Waals surface area (Å²) in [6.07, 6.45) is 1.47. The number of benzene rings is 1. The Morgan fingerprint density at radius 2 is 1.77 bits per heavy atom. The lowest BCUT2D eigenvalue weighted by atomic mass is 9.85. The van der Waals surface area contributed by atoms with Gasteiger partial charge in [0.2, 0.25) is 5.91 Å². The fraction of sp³-hybridized carbons (Fsp3) is 0.577. The molecular weight excluding hydrogens is 450 g/mol. The molecule has 2 fully saturated rings. The van der Waals surface area contributed by atoms with Gasteiger partial charge in [0, 0.05) is 23.9 Å². The zero-order chi connectivity index (χ0) is 25.2. The summed E-state index contributed by atoms with van der Waals surface area (Å²) < 4.78 is 11.1. The minimum atomic E-state index is -0.848. The molecule has 1 aromatic heterocycles. The van der Waals surface area contributed by atoms with Crippen molar-refractivity contribution in [1.82, 2.24) is 15.5 Å². The maximum atomic E-state index is 13.0. The van der Waals surface area contributed by atoms with Crippen LogP contribution >= 0.6 is 0 Å². The van der Waals surface area contributed by atoms with Gasteiger partial charge in [0.15, 0.2) is 5.76 Å². The van der Waals surface area contributed by atoms with Crippen LogP contribution in [-0.4, -0.2) is 58.4 Å². The van der Waals surface area contributed by atoms with Crippen molar-refractivity contribution in [2.75, 3.05) is 6.54 Å². The Morgan fingerprint density at radius 1 is 1.06 bits per heavy atom. The SMILES string of the molecule is CC(C)(C)OC(=O)N1CCCC(O)C1NC(=O)C1CCC(NC(=O)c2cc3ccccc3o2)CC1. The van der Waals surface area contributed by atoms with E-state index in [0.29, 0.717) is 50.7 Å². The number of aliphatic hydroxyl groups is 1. The van der Waals surface area contributed by atoms with Crippen molar-refractivity contribution in [2.24, 2.45) is 5.92 Å². The molecule has 2 atom stereocenters. The third kappa shape index (κ3) is 6.14. The highest BCUT2D eigenvalue weighted by molar-refractivity contribution is 5.96. The molecule has 9 nitrogen and oxygen atoms in total. The van der Waals surface area contributed by atoms with Crippen molar-refractivity contribution in [3.05, 3.63) is 36.1 Å². The molecule has 1 aliphatic heterocycles. The number of rotatable bonds is 4. The van der Waals surface area contributed by atoms with E-state index in [1.807, 2.05) is 24.3 Å². The third-order valence-electron chi connectivity index (χ3n) is 6.60. The quantitative estimate of drug-likeness (QED) is 0.609. The molecule has 2 unspecified atom stereocenters. The first-order valence-corrected chi connectivity index (χ1v) is 12.4. The number of amides is 3. The average molecular weight is 486 g/mol. The van der Waals surface area contributed by atoms with Gasteiger partial charge < -0.3 is 24.9 Å². The molecule has 190 valence electrons. The molecule has 1 saturated carbocycles. The van der Waals surface area contributed by atoms with Crippen LogP contribution in [0, 0.1) is 5.92 Å². The maximum absolute atomic E-state index is 13.0. The Bertz CT molecular complexity index is 1030. The number of likely N-dealkylation sites (tertiary alicyclic amines) is 1. The zero-order valence-corrected chi connectivity index (χ0v) is 20.6. The van der Waals surface area contributed by atoms with E-state index in [1.165, 1.54) is 4.90 Å². The van der Waals surface area contributed by atoms with E-state index >= 15 is 0 Å². The van der Waals surface area contributed by atoms with Gasteiger partial charge in [-0.25, -0.2) is 4.79 Å². The van der Waals surface area contributed by atoms with E-state index in [4.69, 9.17) is 9.15 Å². The lowest BCUT2D eigenvalue weighted by Gasteiger charge is -2.40. The second kappa shape index (κ2) is 10.3. The zero-order valence-electron chi connectivity index (χ0n) is 20.6. The molecule has 9 heteroatoms. The molecule has 1 aliphatic carbocycles. The number of ether oxygens (including phenoxy) is 1. The lowest BCUT2D eigenvalue weighted by Crippen LogP contribution is -2.61. The van der Waals surface area contributed by atoms with Gasteiger partial charge in [0.1, 0.15) is 17.3 Å². The Kier molecular flexibility index (Phi) is 7.35. The van der Waals surface area contributed by atoms with E-state index in [2.05, 4.69) is 10.6 Å². The second-order valence-corrected chi connectivity index (χ2v) is 10.5. The van der Waals surface area contributed by atoms with Gasteiger partial charge >= 0.3 is 6.09 Å². The number of hydrogen-bond donors (Lipinski definition) is 3. The molecule has 0 radical (unpaired) electrons. The summed E-state index contributed by atoms with van der Waals surface area (Å²) in [4.78, 5) is 39.7. The Balaban J connectivity index is 1.30. The first kappa shape index (κ1) is 25.0. The van der Waals surface area contributed by atoms with Crippen molar-refractivity contribution in [3.8, 4) is 0 Å². The second-order valence-electron chi connectivity index (χ2n) is 10.5. The van der Waals surface area contributed by atoms with Crippen LogP contribution in [0.3, 0.4) is 0 Å². The van der Waals surface area contributed by atoms with Crippen molar-refractivity contribution in [2.45, 2.75) is 83.2 Å². The molecule has 35 heavy (non-hydrogen) atoms. The molecule has 2 aromatic rings. The fourth-order valence-corrected chi connectivity index (χ4v) is 4.79. The number of piperidine rings is 1. The number of carbonyl (C=O) groups is 3. The molecule has 0 bridgehead atoms. The van der Waals surface area contributed by atoms with Crippen LogP contribution in [-0.2, 0) is 9.53 Å². The lowest BCUT2D eigenvalue weighted by molar-refractivity contribution is -0.130. The highest BCUT2D eigenvalue weighted by atomic mass is 16.6. The standard InChI is InChI=1S/C26H35N3O6/c1-26(2,3)35-25(33)29-14-6-8-19(30)22(29)28-23(31)16-10-12-18(13-11-16)27-24(32)21-15-17-7-4-5-9-20(17)34-21/h4-5,7,9,15-16,18-19,22,30H,6,8,10-14H2,1-3H3,(H,27,32)(H,28,31). The van der Waals surface area contributed by atoms with Crippen LogP contribution < -0.4 is 10.6 Å². The Hall–Kier alpha value is -3.07. The summed E-state index contributed by atoms with van der Waals surface area (Å²) in [6, 6.07) is 9.16. The van der Waals surface area contributed by atoms with E-state index in [9.17, 15) is 19.5 Å². The van der Waals surface area contributed by atoms with Crippen LogP contribution in [0.4, 0.5) is 4.79 Å². The van der Waals surface area contributed by atoms with Gasteiger partial charge in [-0.3, -0.25) is 14.5 Å². The first-order valence-electron chi connectivity index (χ1n) is 12.4. The monoisotopic (exact) mass is 485 g/mol. The minimum Gasteiger partial charge on any atom is -0.451 e. The number of carbonyl (C=O) groups excluding carboxylic acids is 3.